The number of likely N-dealkylation sites (N-methyl/N-ethyl adjacent to an activating group) is 1. The molecule has 1 unspecified atom stereocenters. The molecule has 0 saturated carbocycles. The highest BCUT2D eigenvalue weighted by molar-refractivity contribution is 7.12. The van der Waals surface area contributed by atoms with Gasteiger partial charge in [-0.3, -0.25) is 0 Å². The summed E-state index contributed by atoms with van der Waals surface area (Å²) in [5.74, 6) is -0.958. The van der Waals surface area contributed by atoms with E-state index in [0.29, 0.717) is 6.42 Å². The number of hydrogen-bond donors (Lipinski definition) is 1. The number of thiophene rings is 1. The van der Waals surface area contributed by atoms with Crippen molar-refractivity contribution in [1.82, 2.24) is 5.32 Å². The zero-order chi connectivity index (χ0) is 13.8. The maximum Gasteiger partial charge on any atom is 0.129 e. The van der Waals surface area contributed by atoms with E-state index in [1.165, 1.54) is 23.1 Å². The molecule has 0 saturated heterocycles. The first-order valence-electron chi connectivity index (χ1n) is 6.34. The number of halogens is 2. The molecule has 0 aliphatic rings. The molecule has 0 radical (unpaired) electrons. The standard InChI is InChI=1S/C15H17F2NS/c1-3-10-7-8-15(19-10)14(18-2)9-11-12(16)5-4-6-13(11)17/h4-8,14,18H,3,9H2,1-2H3. The summed E-state index contributed by atoms with van der Waals surface area (Å²) in [5.41, 5.74) is 0.147. The number of rotatable bonds is 5. The van der Waals surface area contributed by atoms with Crippen LogP contribution in [-0.2, 0) is 12.8 Å². The molecule has 2 aromatic rings. The predicted octanol–water partition coefficient (Wildman–Crippen LogP) is 4.09. The van der Waals surface area contributed by atoms with Crippen molar-refractivity contribution in [2.45, 2.75) is 25.8 Å². The Hall–Kier alpha value is -1.26. The fourth-order valence-corrected chi connectivity index (χ4v) is 3.11. The quantitative estimate of drug-likeness (QED) is 0.870. The lowest BCUT2D eigenvalue weighted by atomic mass is 10.0. The molecule has 19 heavy (non-hydrogen) atoms. The monoisotopic (exact) mass is 281 g/mol. The third kappa shape index (κ3) is 3.19. The largest absolute Gasteiger partial charge is 0.312 e. The minimum atomic E-state index is -0.479. The third-order valence-electron chi connectivity index (χ3n) is 3.19. The summed E-state index contributed by atoms with van der Waals surface area (Å²) in [4.78, 5) is 2.39. The van der Waals surface area contributed by atoms with Gasteiger partial charge in [-0.1, -0.05) is 13.0 Å². The van der Waals surface area contributed by atoms with Gasteiger partial charge in [-0.2, -0.15) is 0 Å². The predicted molar refractivity (Wildman–Crippen MR) is 75.6 cm³/mol. The van der Waals surface area contributed by atoms with Gasteiger partial charge in [0, 0.05) is 21.4 Å². The molecule has 0 aliphatic carbocycles. The zero-order valence-corrected chi connectivity index (χ0v) is 11.9. The van der Waals surface area contributed by atoms with E-state index >= 15 is 0 Å². The van der Waals surface area contributed by atoms with Crippen LogP contribution in [0.1, 0.15) is 28.3 Å². The van der Waals surface area contributed by atoms with Crippen molar-refractivity contribution in [2.24, 2.45) is 0 Å². The SMILES string of the molecule is CCc1ccc(C(Cc2c(F)cccc2F)NC)s1. The van der Waals surface area contributed by atoms with Gasteiger partial charge in [0.25, 0.3) is 0 Å². The number of hydrogen-bond acceptors (Lipinski definition) is 2. The van der Waals surface area contributed by atoms with Crippen LogP contribution in [0.3, 0.4) is 0 Å². The lowest BCUT2D eigenvalue weighted by Gasteiger charge is -2.15. The average Bonchev–Trinajstić information content (AvgIpc) is 2.87. The molecule has 1 atom stereocenters. The second-order valence-corrected chi connectivity index (χ2v) is 5.60. The van der Waals surface area contributed by atoms with E-state index in [1.54, 1.807) is 11.3 Å². The van der Waals surface area contributed by atoms with Crippen molar-refractivity contribution in [3.8, 4) is 0 Å². The van der Waals surface area contributed by atoms with Crippen molar-refractivity contribution >= 4 is 11.3 Å². The van der Waals surface area contributed by atoms with E-state index in [2.05, 4.69) is 18.3 Å². The van der Waals surface area contributed by atoms with E-state index in [4.69, 9.17) is 0 Å². The van der Waals surface area contributed by atoms with Gasteiger partial charge in [-0.05, 0) is 44.2 Å². The van der Waals surface area contributed by atoms with Crippen molar-refractivity contribution in [2.75, 3.05) is 7.05 Å². The zero-order valence-electron chi connectivity index (χ0n) is 11.0. The maximum atomic E-state index is 13.7. The van der Waals surface area contributed by atoms with E-state index in [0.717, 1.165) is 11.3 Å². The molecule has 1 aromatic carbocycles. The van der Waals surface area contributed by atoms with Crippen LogP contribution in [0.5, 0.6) is 0 Å². The first-order valence-corrected chi connectivity index (χ1v) is 7.16. The average molecular weight is 281 g/mol. The molecule has 4 heteroatoms. The van der Waals surface area contributed by atoms with Crippen LogP contribution in [0.4, 0.5) is 8.78 Å². The Bertz CT molecular complexity index is 531. The summed E-state index contributed by atoms with van der Waals surface area (Å²) >= 11 is 1.69. The highest BCUT2D eigenvalue weighted by Gasteiger charge is 2.17. The van der Waals surface area contributed by atoms with E-state index in [-0.39, 0.29) is 11.6 Å². The summed E-state index contributed by atoms with van der Waals surface area (Å²) in [6.07, 6.45) is 1.30. The van der Waals surface area contributed by atoms with E-state index in [9.17, 15) is 8.78 Å². The molecule has 0 spiro atoms. The molecule has 0 amide bonds. The van der Waals surface area contributed by atoms with Crippen molar-refractivity contribution in [3.05, 3.63) is 57.3 Å². The van der Waals surface area contributed by atoms with Gasteiger partial charge in [-0.15, -0.1) is 11.3 Å². The number of benzene rings is 1. The minimum absolute atomic E-state index is 0.0586. The molecule has 0 fully saturated rings. The second-order valence-electron chi connectivity index (χ2n) is 4.40. The molecule has 0 bridgehead atoms. The van der Waals surface area contributed by atoms with Crippen molar-refractivity contribution in [3.63, 3.8) is 0 Å². The van der Waals surface area contributed by atoms with Crippen molar-refractivity contribution < 1.29 is 8.78 Å². The summed E-state index contributed by atoms with van der Waals surface area (Å²) in [6.45, 7) is 2.10. The Balaban J connectivity index is 2.24. The highest BCUT2D eigenvalue weighted by atomic mass is 32.1. The van der Waals surface area contributed by atoms with Crippen LogP contribution in [0, 0.1) is 11.6 Å². The Kier molecular flexibility index (Phi) is 4.66. The first kappa shape index (κ1) is 14.2. The molecule has 102 valence electrons. The highest BCUT2D eigenvalue weighted by Crippen LogP contribution is 2.27. The molecular formula is C15H17F2NS. The first-order chi connectivity index (χ1) is 9.15. The maximum absolute atomic E-state index is 13.7. The van der Waals surface area contributed by atoms with Crippen LogP contribution < -0.4 is 5.32 Å². The summed E-state index contributed by atoms with van der Waals surface area (Å²) in [7, 11) is 1.81. The van der Waals surface area contributed by atoms with Crippen LogP contribution >= 0.6 is 11.3 Å². The van der Waals surface area contributed by atoms with Gasteiger partial charge in [0.2, 0.25) is 0 Å². The number of nitrogens with one attached hydrogen (secondary N) is 1. The van der Waals surface area contributed by atoms with Gasteiger partial charge in [0.15, 0.2) is 0 Å². The van der Waals surface area contributed by atoms with Crippen LogP contribution in [0.2, 0.25) is 0 Å². The van der Waals surface area contributed by atoms with Crippen LogP contribution in [0.25, 0.3) is 0 Å². The fraction of sp³-hybridized carbons (Fsp3) is 0.333. The van der Waals surface area contributed by atoms with Gasteiger partial charge in [0.05, 0.1) is 0 Å². The summed E-state index contributed by atoms with van der Waals surface area (Å²) in [6, 6.07) is 8.04. The van der Waals surface area contributed by atoms with E-state index < -0.39 is 11.6 Å². The smallest absolute Gasteiger partial charge is 0.129 e. The lowest BCUT2D eigenvalue weighted by molar-refractivity contribution is 0.518. The van der Waals surface area contributed by atoms with Crippen LogP contribution in [-0.4, -0.2) is 7.05 Å². The Morgan fingerprint density at radius 1 is 1.16 bits per heavy atom. The Labute approximate surface area is 116 Å². The van der Waals surface area contributed by atoms with Crippen molar-refractivity contribution in [1.29, 1.82) is 0 Å². The fourth-order valence-electron chi connectivity index (χ4n) is 2.05. The normalized spacial score (nSPS) is 12.6. The molecule has 1 aromatic heterocycles. The Morgan fingerprint density at radius 3 is 2.37 bits per heavy atom. The molecule has 1 heterocycles. The third-order valence-corrected chi connectivity index (χ3v) is 4.54. The molecule has 1 nitrogen and oxygen atoms in total. The molecule has 2 rings (SSSR count). The molecular weight excluding hydrogens is 264 g/mol. The van der Waals surface area contributed by atoms with Gasteiger partial charge in [0.1, 0.15) is 11.6 Å². The van der Waals surface area contributed by atoms with Crippen LogP contribution in [0.15, 0.2) is 30.3 Å². The number of aryl methyl sites for hydroxylation is 1. The topological polar surface area (TPSA) is 12.0 Å². The summed E-state index contributed by atoms with van der Waals surface area (Å²) < 4.78 is 27.3. The van der Waals surface area contributed by atoms with Gasteiger partial charge in [-0.25, -0.2) is 8.78 Å². The Morgan fingerprint density at radius 2 is 1.84 bits per heavy atom. The molecule has 0 aliphatic heterocycles. The molecule has 1 N–H and O–H groups in total. The second kappa shape index (κ2) is 6.26. The van der Waals surface area contributed by atoms with Gasteiger partial charge < -0.3 is 5.32 Å². The minimum Gasteiger partial charge on any atom is -0.312 e. The lowest BCUT2D eigenvalue weighted by Crippen LogP contribution is -2.19. The van der Waals surface area contributed by atoms with E-state index in [1.807, 2.05) is 13.1 Å². The van der Waals surface area contributed by atoms with Gasteiger partial charge >= 0.3 is 0 Å². The summed E-state index contributed by atoms with van der Waals surface area (Å²) in [5, 5.41) is 3.14.